The molecule has 10 nitrogen and oxygen atoms in total. The average Bonchev–Trinajstić information content (AvgIpc) is 3.20. The number of nitro benzene ring substituents is 1. The van der Waals surface area contributed by atoms with Crippen LogP contribution in [0.2, 0.25) is 0 Å². The summed E-state index contributed by atoms with van der Waals surface area (Å²) < 4.78 is 28.6. The zero-order chi connectivity index (χ0) is 25.5. The molecule has 1 unspecified atom stereocenters. The van der Waals surface area contributed by atoms with Crippen molar-refractivity contribution in [2.45, 2.75) is 10.8 Å². The van der Waals surface area contributed by atoms with Crippen LogP contribution in [0.1, 0.15) is 17.0 Å². The van der Waals surface area contributed by atoms with Gasteiger partial charge in [-0.05, 0) is 46.9 Å². The second-order valence-corrected chi connectivity index (χ2v) is 9.77. The second kappa shape index (κ2) is 9.17. The molecule has 1 amide bonds. The number of halogens is 1. The molecule has 182 valence electrons. The molecule has 4 rings (SSSR count). The predicted octanol–water partition coefficient (Wildman–Crippen LogP) is 3.49. The Morgan fingerprint density at radius 3 is 2.63 bits per heavy atom. The fourth-order valence-corrected chi connectivity index (χ4v) is 4.98. The first-order chi connectivity index (χ1) is 16.5. The number of benzene rings is 3. The summed E-state index contributed by atoms with van der Waals surface area (Å²) in [6.45, 7) is 0.184. The van der Waals surface area contributed by atoms with E-state index in [9.17, 15) is 28.4 Å². The quantitative estimate of drug-likeness (QED) is 0.219. The number of carbonyl (C=O) groups is 1. The smallest absolute Gasteiger partial charge is 0.279 e. The first-order valence-electron chi connectivity index (χ1n) is 10.3. The molecule has 3 N–H and O–H groups in total. The summed E-state index contributed by atoms with van der Waals surface area (Å²) >= 11 is 6.19. The van der Waals surface area contributed by atoms with E-state index in [-0.39, 0.29) is 45.8 Å². The Morgan fingerprint density at radius 2 is 2.03 bits per heavy atom. The summed E-state index contributed by atoms with van der Waals surface area (Å²) in [7, 11) is -2.66. The van der Waals surface area contributed by atoms with E-state index in [1.165, 1.54) is 48.4 Å². The number of nitrogens with zero attached hydrogens (tertiary/aromatic N) is 2. The van der Waals surface area contributed by atoms with Crippen LogP contribution in [0.5, 0.6) is 11.5 Å². The molecule has 3 aromatic rings. The van der Waals surface area contributed by atoms with Crippen molar-refractivity contribution in [3.63, 3.8) is 0 Å². The highest BCUT2D eigenvalue weighted by atomic mass is 35.5. The van der Waals surface area contributed by atoms with Gasteiger partial charge in [0.25, 0.3) is 11.6 Å². The molecule has 1 aliphatic rings. The van der Waals surface area contributed by atoms with E-state index in [1.54, 1.807) is 12.1 Å². The number of fused-ring (bicyclic) bond motifs is 3. The lowest BCUT2D eigenvalue weighted by atomic mass is 9.95. The minimum atomic E-state index is -4.08. The van der Waals surface area contributed by atoms with Crippen LogP contribution in [-0.2, 0) is 14.8 Å². The van der Waals surface area contributed by atoms with Crippen molar-refractivity contribution >= 4 is 55.8 Å². The molecule has 1 atom stereocenters. The standard InChI is InChI=1S/C23H20ClN3O7S/c1-34-21-6-2-13(8-20(21)28)3-7-22(29)26-12-14(11-24)23-16-5-4-15(35(25,32)33)9-17(16)18(27(30)31)10-19(23)26/h2-10,14,28H,11-12H2,1H3,(H2,25,32,33). The Morgan fingerprint density at radius 1 is 1.29 bits per heavy atom. The van der Waals surface area contributed by atoms with Crippen LogP contribution in [0, 0.1) is 10.1 Å². The van der Waals surface area contributed by atoms with Gasteiger partial charge in [-0.15, -0.1) is 11.6 Å². The van der Waals surface area contributed by atoms with Crippen molar-refractivity contribution in [1.82, 2.24) is 0 Å². The van der Waals surface area contributed by atoms with E-state index < -0.39 is 20.9 Å². The van der Waals surface area contributed by atoms with Gasteiger partial charge in [0, 0.05) is 30.5 Å². The highest BCUT2D eigenvalue weighted by Crippen LogP contribution is 2.46. The largest absolute Gasteiger partial charge is 0.504 e. The molecule has 0 fully saturated rings. The van der Waals surface area contributed by atoms with Gasteiger partial charge >= 0.3 is 0 Å². The number of phenolic OH excluding ortho intramolecular Hbond substituents is 1. The number of carbonyl (C=O) groups excluding carboxylic acids is 1. The third-order valence-electron chi connectivity index (χ3n) is 5.81. The SMILES string of the molecule is COc1ccc(C=CC(=O)N2CC(CCl)c3c2cc([N+](=O)[O-])c2cc(S(N)(=O)=O)ccc32)cc1O. The van der Waals surface area contributed by atoms with Crippen molar-refractivity contribution in [2.24, 2.45) is 5.14 Å². The van der Waals surface area contributed by atoms with E-state index >= 15 is 0 Å². The lowest BCUT2D eigenvalue weighted by Gasteiger charge is -2.16. The highest BCUT2D eigenvalue weighted by molar-refractivity contribution is 7.89. The van der Waals surface area contributed by atoms with Gasteiger partial charge in [0.2, 0.25) is 10.0 Å². The Bertz CT molecular complexity index is 1500. The van der Waals surface area contributed by atoms with Crippen molar-refractivity contribution in [3.8, 4) is 11.5 Å². The number of non-ortho nitro benzene ring substituents is 1. The lowest BCUT2D eigenvalue weighted by Crippen LogP contribution is -2.28. The van der Waals surface area contributed by atoms with Crippen LogP contribution in [0.4, 0.5) is 11.4 Å². The van der Waals surface area contributed by atoms with E-state index in [1.807, 2.05) is 0 Å². The van der Waals surface area contributed by atoms with Crippen molar-refractivity contribution < 1.29 is 28.0 Å². The first kappa shape index (κ1) is 24.5. The topological polar surface area (TPSA) is 153 Å². The number of alkyl halides is 1. The maximum atomic E-state index is 13.1. The molecule has 0 saturated carbocycles. The van der Waals surface area contributed by atoms with Gasteiger partial charge in [0.05, 0.1) is 28.0 Å². The molecular weight excluding hydrogens is 498 g/mol. The fraction of sp³-hybridized carbons (Fsp3) is 0.174. The van der Waals surface area contributed by atoms with Gasteiger partial charge in [-0.1, -0.05) is 12.1 Å². The summed E-state index contributed by atoms with van der Waals surface area (Å²) in [5.74, 6) is -0.438. The second-order valence-electron chi connectivity index (χ2n) is 7.90. The number of anilines is 1. The summed E-state index contributed by atoms with van der Waals surface area (Å²) in [4.78, 5) is 25.4. The highest BCUT2D eigenvalue weighted by Gasteiger charge is 2.35. The normalized spacial score (nSPS) is 15.5. The van der Waals surface area contributed by atoms with Gasteiger partial charge in [-0.2, -0.15) is 0 Å². The molecule has 0 saturated heterocycles. The summed E-state index contributed by atoms with van der Waals surface area (Å²) in [6, 6.07) is 9.78. The molecule has 0 aromatic heterocycles. The molecular formula is C23H20ClN3O7S. The summed E-state index contributed by atoms with van der Waals surface area (Å²) in [5.41, 5.74) is 1.13. The molecule has 0 aliphatic carbocycles. The maximum absolute atomic E-state index is 13.1. The number of nitro groups is 1. The van der Waals surface area contributed by atoms with Crippen LogP contribution in [-0.4, -0.2) is 43.9 Å². The van der Waals surface area contributed by atoms with E-state index in [4.69, 9.17) is 21.5 Å². The third kappa shape index (κ3) is 4.53. The van der Waals surface area contributed by atoms with Gasteiger partial charge in [0.15, 0.2) is 11.5 Å². The van der Waals surface area contributed by atoms with Crippen LogP contribution in [0.15, 0.2) is 53.4 Å². The monoisotopic (exact) mass is 517 g/mol. The minimum absolute atomic E-state index is 0.0863. The molecule has 3 aromatic carbocycles. The Hall–Kier alpha value is -3.67. The maximum Gasteiger partial charge on any atom is 0.279 e. The molecule has 0 spiro atoms. The number of phenols is 1. The van der Waals surface area contributed by atoms with E-state index in [2.05, 4.69) is 0 Å². The molecule has 35 heavy (non-hydrogen) atoms. The van der Waals surface area contributed by atoms with Crippen molar-refractivity contribution in [1.29, 1.82) is 0 Å². The van der Waals surface area contributed by atoms with Crippen molar-refractivity contribution in [2.75, 3.05) is 24.4 Å². The molecule has 1 aliphatic heterocycles. The zero-order valence-electron chi connectivity index (χ0n) is 18.3. The van der Waals surface area contributed by atoms with Crippen LogP contribution in [0.25, 0.3) is 16.8 Å². The number of hydrogen-bond acceptors (Lipinski definition) is 7. The van der Waals surface area contributed by atoms with E-state index in [0.29, 0.717) is 22.2 Å². The van der Waals surface area contributed by atoms with E-state index in [0.717, 1.165) is 6.07 Å². The number of primary sulfonamides is 1. The van der Waals surface area contributed by atoms with Gasteiger partial charge in [0.1, 0.15) is 0 Å². The van der Waals surface area contributed by atoms with Crippen LogP contribution >= 0.6 is 11.6 Å². The summed E-state index contributed by atoms with van der Waals surface area (Å²) in [5, 5.41) is 27.5. The Kier molecular flexibility index (Phi) is 6.41. The number of methoxy groups -OCH3 is 1. The van der Waals surface area contributed by atoms with Gasteiger partial charge in [-0.3, -0.25) is 14.9 Å². The minimum Gasteiger partial charge on any atom is -0.504 e. The number of nitrogens with two attached hydrogens (primary N) is 1. The Labute approximate surface area is 205 Å². The van der Waals surface area contributed by atoms with Gasteiger partial charge in [-0.25, -0.2) is 13.6 Å². The molecule has 0 radical (unpaired) electrons. The zero-order valence-corrected chi connectivity index (χ0v) is 19.9. The average molecular weight is 518 g/mol. The number of amides is 1. The number of ether oxygens (including phenoxy) is 1. The third-order valence-corrected chi connectivity index (χ3v) is 7.09. The molecule has 12 heteroatoms. The predicted molar refractivity (Wildman–Crippen MR) is 131 cm³/mol. The molecule has 0 bridgehead atoms. The number of aromatic hydroxyl groups is 1. The molecule has 1 heterocycles. The summed E-state index contributed by atoms with van der Waals surface area (Å²) in [6.07, 6.45) is 2.80. The fourth-order valence-electron chi connectivity index (χ4n) is 4.19. The Balaban J connectivity index is 1.80. The van der Waals surface area contributed by atoms with Gasteiger partial charge < -0.3 is 14.7 Å². The first-order valence-corrected chi connectivity index (χ1v) is 12.3. The van der Waals surface area contributed by atoms with Crippen molar-refractivity contribution in [3.05, 3.63) is 69.8 Å². The number of hydrogen-bond donors (Lipinski definition) is 2. The van der Waals surface area contributed by atoms with Crippen LogP contribution < -0.4 is 14.8 Å². The van der Waals surface area contributed by atoms with Crippen LogP contribution in [0.3, 0.4) is 0 Å². The number of sulfonamides is 1. The number of rotatable bonds is 6. The lowest BCUT2D eigenvalue weighted by molar-refractivity contribution is -0.383.